The van der Waals surface area contributed by atoms with Gasteiger partial charge in [-0.05, 0) is 38.8 Å². The summed E-state index contributed by atoms with van der Waals surface area (Å²) in [6.45, 7) is 3.37. The second kappa shape index (κ2) is 9.03. The van der Waals surface area contributed by atoms with Crippen molar-refractivity contribution in [1.29, 1.82) is 0 Å². The number of carbonyl (C=O) groups is 4. The van der Waals surface area contributed by atoms with E-state index in [1.54, 1.807) is 4.90 Å². The molecule has 3 amide bonds. The standard InChI is InChI=1S/C22H26N2O5/c1-15(2)24(16-8-4-3-5-9-16)19(25)14-29-20(26)12-13-23-21(27)17-10-6-7-11-18(17)22(23)28/h3-9,15,17-18H,10-14H2,1-2H3/t17-,18-/m0/s1. The van der Waals surface area contributed by atoms with Gasteiger partial charge in [-0.2, -0.15) is 0 Å². The van der Waals surface area contributed by atoms with Crippen molar-refractivity contribution >= 4 is 29.4 Å². The smallest absolute Gasteiger partial charge is 0.308 e. The number of amides is 3. The van der Waals surface area contributed by atoms with Gasteiger partial charge < -0.3 is 9.64 Å². The molecule has 0 aromatic heterocycles. The van der Waals surface area contributed by atoms with Crippen molar-refractivity contribution in [2.75, 3.05) is 18.1 Å². The highest BCUT2D eigenvalue weighted by atomic mass is 16.5. The van der Waals surface area contributed by atoms with Gasteiger partial charge in [-0.15, -0.1) is 0 Å². The molecule has 0 bridgehead atoms. The van der Waals surface area contributed by atoms with Crippen LogP contribution < -0.4 is 4.90 Å². The van der Waals surface area contributed by atoms with E-state index in [-0.39, 0.29) is 55.2 Å². The number of esters is 1. The van der Waals surface area contributed by atoms with Crippen molar-refractivity contribution in [3.63, 3.8) is 0 Å². The van der Waals surface area contributed by atoms with Gasteiger partial charge in [-0.25, -0.2) is 0 Å². The molecule has 7 nitrogen and oxygen atoms in total. The highest BCUT2D eigenvalue weighted by Gasteiger charge is 2.46. The molecule has 3 rings (SSSR count). The van der Waals surface area contributed by atoms with Gasteiger partial charge in [0.1, 0.15) is 0 Å². The first-order valence-corrected chi connectivity index (χ1v) is 9.93. The Morgan fingerprint density at radius 3 is 2.21 bits per heavy atom. The maximum atomic E-state index is 12.5. The largest absolute Gasteiger partial charge is 0.455 e. The van der Waals surface area contributed by atoms with Crippen molar-refractivity contribution in [1.82, 2.24) is 4.90 Å². The van der Waals surface area contributed by atoms with E-state index in [2.05, 4.69) is 0 Å². The highest BCUT2D eigenvalue weighted by molar-refractivity contribution is 6.05. The number of para-hydroxylation sites is 1. The molecule has 0 spiro atoms. The molecule has 0 N–H and O–H groups in total. The van der Waals surface area contributed by atoms with Crippen LogP contribution in [0.5, 0.6) is 0 Å². The van der Waals surface area contributed by atoms with Gasteiger partial charge in [0.05, 0.1) is 18.3 Å². The summed E-state index contributed by atoms with van der Waals surface area (Å²) in [6, 6.07) is 9.07. The second-order valence-electron chi connectivity index (χ2n) is 7.59. The molecular formula is C22H26N2O5. The Kier molecular flexibility index (Phi) is 6.46. The summed E-state index contributed by atoms with van der Waals surface area (Å²) in [5.74, 6) is -1.99. The fraction of sp³-hybridized carbons (Fsp3) is 0.455. The lowest BCUT2D eigenvalue weighted by molar-refractivity contribution is -0.149. The number of allylic oxidation sites excluding steroid dienone is 2. The number of imide groups is 1. The van der Waals surface area contributed by atoms with E-state index in [4.69, 9.17) is 4.74 Å². The number of carbonyl (C=O) groups excluding carboxylic acids is 4. The van der Waals surface area contributed by atoms with Crippen molar-refractivity contribution < 1.29 is 23.9 Å². The first-order valence-electron chi connectivity index (χ1n) is 9.93. The Morgan fingerprint density at radius 2 is 1.66 bits per heavy atom. The third-order valence-corrected chi connectivity index (χ3v) is 5.31. The molecule has 1 fully saturated rings. The van der Waals surface area contributed by atoms with E-state index < -0.39 is 5.97 Å². The summed E-state index contributed by atoms with van der Waals surface area (Å²) in [7, 11) is 0. The lowest BCUT2D eigenvalue weighted by Gasteiger charge is -2.26. The van der Waals surface area contributed by atoms with Gasteiger partial charge in [0, 0.05) is 18.3 Å². The van der Waals surface area contributed by atoms with Crippen molar-refractivity contribution in [2.45, 2.75) is 39.2 Å². The van der Waals surface area contributed by atoms with Crippen LogP contribution >= 0.6 is 0 Å². The van der Waals surface area contributed by atoms with E-state index >= 15 is 0 Å². The van der Waals surface area contributed by atoms with Crippen LogP contribution in [0.1, 0.15) is 33.1 Å². The fourth-order valence-electron chi connectivity index (χ4n) is 3.90. The summed E-state index contributed by atoms with van der Waals surface area (Å²) < 4.78 is 5.11. The predicted octanol–water partition coefficient (Wildman–Crippen LogP) is 2.31. The first-order chi connectivity index (χ1) is 13.9. The minimum absolute atomic E-state index is 0.00965. The molecule has 29 heavy (non-hydrogen) atoms. The Bertz CT molecular complexity index is 792. The SMILES string of the molecule is CC(C)N(C(=O)COC(=O)CCN1C(=O)[C@H]2CC=CC[C@@H]2C1=O)c1ccccc1. The number of likely N-dealkylation sites (tertiary alicyclic amines) is 1. The van der Waals surface area contributed by atoms with Crippen LogP contribution in [0.2, 0.25) is 0 Å². The average molecular weight is 398 g/mol. The Balaban J connectivity index is 1.50. The summed E-state index contributed by atoms with van der Waals surface area (Å²) >= 11 is 0. The lowest BCUT2D eigenvalue weighted by Crippen LogP contribution is -2.40. The quantitative estimate of drug-likeness (QED) is 0.400. The zero-order chi connectivity index (χ0) is 21.0. The molecule has 1 aromatic rings. The minimum atomic E-state index is -0.608. The van der Waals surface area contributed by atoms with E-state index in [0.29, 0.717) is 12.8 Å². The number of hydrogen-bond acceptors (Lipinski definition) is 5. The molecule has 1 saturated heterocycles. The van der Waals surface area contributed by atoms with Crippen LogP contribution in [0.15, 0.2) is 42.5 Å². The maximum Gasteiger partial charge on any atom is 0.308 e. The molecule has 0 saturated carbocycles. The van der Waals surface area contributed by atoms with Gasteiger partial charge in [-0.1, -0.05) is 30.4 Å². The van der Waals surface area contributed by atoms with E-state index in [1.807, 2.05) is 56.3 Å². The highest BCUT2D eigenvalue weighted by Crippen LogP contribution is 2.35. The first kappa shape index (κ1) is 20.8. The summed E-state index contributed by atoms with van der Waals surface area (Å²) in [4.78, 5) is 52.2. The molecular weight excluding hydrogens is 372 g/mol. The Labute approximate surface area is 170 Å². The summed E-state index contributed by atoms with van der Waals surface area (Å²) in [5, 5.41) is 0. The molecule has 1 aliphatic carbocycles. The topological polar surface area (TPSA) is 84.0 Å². The van der Waals surface area contributed by atoms with Gasteiger partial charge >= 0.3 is 5.97 Å². The minimum Gasteiger partial charge on any atom is -0.455 e. The number of rotatable bonds is 7. The van der Waals surface area contributed by atoms with Gasteiger partial charge in [0.25, 0.3) is 5.91 Å². The Hall–Kier alpha value is -2.96. The van der Waals surface area contributed by atoms with Crippen LogP contribution in [0.25, 0.3) is 0 Å². The average Bonchev–Trinajstić information content (AvgIpc) is 2.96. The van der Waals surface area contributed by atoms with Crippen LogP contribution in [0.3, 0.4) is 0 Å². The van der Waals surface area contributed by atoms with Crippen LogP contribution in [0.4, 0.5) is 5.69 Å². The molecule has 0 radical (unpaired) electrons. The number of fused-ring (bicyclic) bond motifs is 1. The van der Waals surface area contributed by atoms with E-state index in [9.17, 15) is 19.2 Å². The molecule has 1 heterocycles. The van der Waals surface area contributed by atoms with Crippen LogP contribution in [0, 0.1) is 11.8 Å². The maximum absolute atomic E-state index is 12.5. The summed E-state index contributed by atoms with van der Waals surface area (Å²) in [6.07, 6.45) is 4.85. The summed E-state index contributed by atoms with van der Waals surface area (Å²) in [5.41, 5.74) is 0.730. The van der Waals surface area contributed by atoms with Crippen LogP contribution in [-0.2, 0) is 23.9 Å². The molecule has 1 aromatic carbocycles. The van der Waals surface area contributed by atoms with Gasteiger partial charge in [0.2, 0.25) is 11.8 Å². The van der Waals surface area contributed by atoms with E-state index in [0.717, 1.165) is 10.6 Å². The van der Waals surface area contributed by atoms with Crippen molar-refractivity contribution in [2.24, 2.45) is 11.8 Å². The molecule has 154 valence electrons. The molecule has 2 aliphatic rings. The monoisotopic (exact) mass is 398 g/mol. The zero-order valence-corrected chi connectivity index (χ0v) is 16.7. The third kappa shape index (κ3) is 4.55. The van der Waals surface area contributed by atoms with Crippen molar-refractivity contribution in [3.05, 3.63) is 42.5 Å². The number of anilines is 1. The normalized spacial score (nSPS) is 20.7. The van der Waals surface area contributed by atoms with Crippen LogP contribution in [-0.4, -0.2) is 47.8 Å². The van der Waals surface area contributed by atoms with Gasteiger partial charge in [-0.3, -0.25) is 24.1 Å². The number of benzene rings is 1. The molecule has 7 heteroatoms. The molecule has 1 aliphatic heterocycles. The number of ether oxygens (including phenoxy) is 1. The number of nitrogens with zero attached hydrogens (tertiary/aromatic N) is 2. The van der Waals surface area contributed by atoms with Crippen molar-refractivity contribution in [3.8, 4) is 0 Å². The predicted molar refractivity (Wildman–Crippen MR) is 107 cm³/mol. The number of hydrogen-bond donors (Lipinski definition) is 0. The fourth-order valence-corrected chi connectivity index (χ4v) is 3.90. The molecule has 0 unspecified atom stereocenters. The second-order valence-corrected chi connectivity index (χ2v) is 7.59. The third-order valence-electron chi connectivity index (χ3n) is 5.31. The Morgan fingerprint density at radius 1 is 1.07 bits per heavy atom. The zero-order valence-electron chi connectivity index (χ0n) is 16.7. The molecule has 2 atom stereocenters. The van der Waals surface area contributed by atoms with E-state index in [1.165, 1.54) is 0 Å². The lowest BCUT2D eigenvalue weighted by atomic mass is 9.85. The van der Waals surface area contributed by atoms with Gasteiger partial charge in [0.15, 0.2) is 6.61 Å².